The van der Waals surface area contributed by atoms with E-state index in [-0.39, 0.29) is 5.91 Å². The molecule has 0 aliphatic rings. The van der Waals surface area contributed by atoms with Gasteiger partial charge in [0.25, 0.3) is 5.91 Å². The number of hydrogen-bond donors (Lipinski definition) is 1. The van der Waals surface area contributed by atoms with E-state index in [0.29, 0.717) is 12.2 Å². The molecule has 0 fully saturated rings. The molecule has 0 aliphatic heterocycles. The molecule has 0 radical (unpaired) electrons. The van der Waals surface area contributed by atoms with Crippen molar-refractivity contribution in [3.8, 4) is 16.5 Å². The first kappa shape index (κ1) is 17.3. The van der Waals surface area contributed by atoms with Gasteiger partial charge in [0.15, 0.2) is 0 Å². The lowest BCUT2D eigenvalue weighted by Gasteiger charge is -2.08. The third-order valence-electron chi connectivity index (χ3n) is 4.54. The van der Waals surface area contributed by atoms with E-state index in [0.717, 1.165) is 32.9 Å². The van der Waals surface area contributed by atoms with E-state index in [9.17, 15) is 4.79 Å². The molecule has 5 nitrogen and oxygen atoms in total. The molecule has 0 aliphatic carbocycles. The van der Waals surface area contributed by atoms with Gasteiger partial charge in [-0.2, -0.15) is 0 Å². The van der Waals surface area contributed by atoms with Crippen molar-refractivity contribution in [2.45, 2.75) is 6.54 Å². The predicted octanol–water partition coefficient (Wildman–Crippen LogP) is 4.24. The van der Waals surface area contributed by atoms with Crippen LogP contribution in [0, 0.1) is 0 Å². The first-order chi connectivity index (χ1) is 13.2. The third kappa shape index (κ3) is 3.31. The summed E-state index contributed by atoms with van der Waals surface area (Å²) in [5, 5.41) is 6.70. The van der Waals surface area contributed by atoms with E-state index in [1.165, 1.54) is 11.3 Å². The Kier molecular flexibility index (Phi) is 4.64. The van der Waals surface area contributed by atoms with Crippen molar-refractivity contribution in [2.24, 2.45) is 7.05 Å². The maximum Gasteiger partial charge on any atom is 0.271 e. The van der Waals surface area contributed by atoms with Gasteiger partial charge >= 0.3 is 0 Å². The van der Waals surface area contributed by atoms with Crippen LogP contribution in [0.2, 0.25) is 0 Å². The Morgan fingerprint density at radius 3 is 2.78 bits per heavy atom. The molecule has 0 saturated heterocycles. The summed E-state index contributed by atoms with van der Waals surface area (Å²) in [5.41, 5.74) is 3.50. The van der Waals surface area contributed by atoms with Crippen molar-refractivity contribution in [3.05, 3.63) is 71.2 Å². The molecule has 0 saturated carbocycles. The number of aryl methyl sites for hydroxylation is 1. The lowest BCUT2D eigenvalue weighted by molar-refractivity contribution is 0.0946. The zero-order chi connectivity index (χ0) is 18.8. The third-order valence-corrected chi connectivity index (χ3v) is 5.40. The van der Waals surface area contributed by atoms with Crippen LogP contribution in [0.3, 0.4) is 0 Å². The van der Waals surface area contributed by atoms with Crippen LogP contribution in [0.25, 0.3) is 21.6 Å². The minimum Gasteiger partial charge on any atom is -0.496 e. The fourth-order valence-electron chi connectivity index (χ4n) is 3.10. The smallest absolute Gasteiger partial charge is 0.271 e. The summed E-state index contributed by atoms with van der Waals surface area (Å²) in [6.45, 7) is 0.393. The van der Waals surface area contributed by atoms with Gasteiger partial charge in [0.2, 0.25) is 0 Å². The van der Waals surface area contributed by atoms with Gasteiger partial charge < -0.3 is 14.6 Å². The molecule has 1 N–H and O–H groups in total. The number of nitrogens with zero attached hydrogens (tertiary/aromatic N) is 2. The Morgan fingerprint density at radius 2 is 1.96 bits per heavy atom. The number of nitrogens with one attached hydrogen (secondary N) is 1. The van der Waals surface area contributed by atoms with Gasteiger partial charge in [-0.15, -0.1) is 11.3 Å². The van der Waals surface area contributed by atoms with Gasteiger partial charge in [0, 0.05) is 35.4 Å². The van der Waals surface area contributed by atoms with Crippen molar-refractivity contribution >= 4 is 28.1 Å². The minimum absolute atomic E-state index is 0.192. The highest BCUT2D eigenvalue weighted by Gasteiger charge is 2.15. The second kappa shape index (κ2) is 7.25. The summed E-state index contributed by atoms with van der Waals surface area (Å²) in [5.74, 6) is 0.564. The van der Waals surface area contributed by atoms with Crippen molar-refractivity contribution in [3.63, 3.8) is 0 Å². The SMILES string of the molecule is COc1ccccc1CNC(=O)c1csc(-c2cc3ccccc3n2C)n1. The van der Waals surface area contributed by atoms with Gasteiger partial charge in [0.05, 0.1) is 12.8 Å². The molecule has 0 spiro atoms. The number of ether oxygens (including phenoxy) is 1. The van der Waals surface area contributed by atoms with E-state index < -0.39 is 0 Å². The number of hydrogen-bond acceptors (Lipinski definition) is 4. The van der Waals surface area contributed by atoms with Gasteiger partial charge in [0.1, 0.15) is 16.5 Å². The average molecular weight is 377 g/mol. The van der Waals surface area contributed by atoms with Crippen molar-refractivity contribution in [1.29, 1.82) is 0 Å². The molecule has 4 rings (SSSR count). The molecule has 6 heteroatoms. The second-order valence-electron chi connectivity index (χ2n) is 6.18. The molecule has 4 aromatic rings. The van der Waals surface area contributed by atoms with Crippen LogP contribution >= 0.6 is 11.3 Å². The molecule has 0 unspecified atom stereocenters. The summed E-state index contributed by atoms with van der Waals surface area (Å²) in [7, 11) is 3.64. The molecule has 2 aromatic heterocycles. The van der Waals surface area contributed by atoms with Crippen LogP contribution in [0.1, 0.15) is 16.1 Å². The maximum absolute atomic E-state index is 12.5. The lowest BCUT2D eigenvalue weighted by Crippen LogP contribution is -2.23. The molecule has 2 heterocycles. The summed E-state index contributed by atoms with van der Waals surface area (Å²) >= 11 is 1.47. The van der Waals surface area contributed by atoms with E-state index in [4.69, 9.17) is 4.74 Å². The normalized spacial score (nSPS) is 10.9. The van der Waals surface area contributed by atoms with E-state index in [1.807, 2.05) is 43.4 Å². The van der Waals surface area contributed by atoms with E-state index in [2.05, 4.69) is 33.1 Å². The highest BCUT2D eigenvalue weighted by atomic mass is 32.1. The molecule has 0 bridgehead atoms. The second-order valence-corrected chi connectivity index (χ2v) is 7.04. The molecule has 1 amide bonds. The van der Waals surface area contributed by atoms with Gasteiger partial charge in [-0.25, -0.2) is 4.98 Å². The number of rotatable bonds is 5. The highest BCUT2D eigenvalue weighted by Crippen LogP contribution is 2.29. The molecular weight excluding hydrogens is 358 g/mol. The average Bonchev–Trinajstić information content (AvgIpc) is 3.32. The minimum atomic E-state index is -0.192. The maximum atomic E-state index is 12.5. The standard InChI is InChI=1S/C21H19N3O2S/c1-24-17-9-5-3-7-14(17)11-18(24)21-23-16(13-27-21)20(25)22-12-15-8-4-6-10-19(15)26-2/h3-11,13H,12H2,1-2H3,(H,22,25). The number of carbonyl (C=O) groups excluding carboxylic acids is 1. The Labute approximate surface area is 161 Å². The Balaban J connectivity index is 1.53. The Bertz CT molecular complexity index is 1110. The Morgan fingerprint density at radius 1 is 1.19 bits per heavy atom. The lowest BCUT2D eigenvalue weighted by atomic mass is 10.2. The van der Waals surface area contributed by atoms with Crippen molar-refractivity contribution in [2.75, 3.05) is 7.11 Å². The molecular formula is C21H19N3O2S. The zero-order valence-corrected chi connectivity index (χ0v) is 15.9. The van der Waals surface area contributed by atoms with E-state index >= 15 is 0 Å². The number of amides is 1. The van der Waals surface area contributed by atoms with Crippen LogP contribution in [0.4, 0.5) is 0 Å². The van der Waals surface area contributed by atoms with Crippen LogP contribution in [0.15, 0.2) is 60.0 Å². The number of carbonyl (C=O) groups is 1. The first-order valence-electron chi connectivity index (χ1n) is 8.58. The first-order valence-corrected chi connectivity index (χ1v) is 9.46. The molecule has 0 atom stereocenters. The van der Waals surface area contributed by atoms with Gasteiger partial charge in [-0.05, 0) is 18.2 Å². The molecule has 136 valence electrons. The van der Waals surface area contributed by atoms with Gasteiger partial charge in [-0.3, -0.25) is 4.79 Å². The Hall–Kier alpha value is -3.12. The fraction of sp³-hybridized carbons (Fsp3) is 0.143. The number of methoxy groups -OCH3 is 1. The van der Waals surface area contributed by atoms with Crippen molar-refractivity contribution < 1.29 is 9.53 Å². The summed E-state index contributed by atoms with van der Waals surface area (Å²) in [4.78, 5) is 17.1. The van der Waals surface area contributed by atoms with Crippen LogP contribution < -0.4 is 10.1 Å². The summed E-state index contributed by atoms with van der Waals surface area (Å²) in [6.07, 6.45) is 0. The van der Waals surface area contributed by atoms with Gasteiger partial charge in [-0.1, -0.05) is 36.4 Å². The fourth-order valence-corrected chi connectivity index (χ4v) is 3.96. The quantitative estimate of drug-likeness (QED) is 0.566. The topological polar surface area (TPSA) is 56.1 Å². The number of fused-ring (bicyclic) bond motifs is 1. The summed E-state index contributed by atoms with van der Waals surface area (Å²) in [6, 6.07) is 17.9. The van der Waals surface area contributed by atoms with E-state index in [1.54, 1.807) is 12.5 Å². The number of benzene rings is 2. The molecule has 27 heavy (non-hydrogen) atoms. The zero-order valence-electron chi connectivity index (χ0n) is 15.1. The predicted molar refractivity (Wildman–Crippen MR) is 108 cm³/mol. The monoisotopic (exact) mass is 377 g/mol. The highest BCUT2D eigenvalue weighted by molar-refractivity contribution is 7.13. The van der Waals surface area contributed by atoms with Crippen LogP contribution in [-0.4, -0.2) is 22.6 Å². The summed E-state index contributed by atoms with van der Waals surface area (Å²) < 4.78 is 7.42. The largest absolute Gasteiger partial charge is 0.496 e. The van der Waals surface area contributed by atoms with Crippen LogP contribution in [0.5, 0.6) is 5.75 Å². The van der Waals surface area contributed by atoms with Crippen molar-refractivity contribution in [1.82, 2.24) is 14.9 Å². The number of aromatic nitrogens is 2. The number of para-hydroxylation sites is 2. The van der Waals surface area contributed by atoms with Crippen LogP contribution in [-0.2, 0) is 13.6 Å². The number of thiazole rings is 1. The molecule has 2 aromatic carbocycles.